The molecule has 1 amide bonds. The fourth-order valence-corrected chi connectivity index (χ4v) is 2.19. The summed E-state index contributed by atoms with van der Waals surface area (Å²) in [6, 6.07) is 6.73. The van der Waals surface area contributed by atoms with Gasteiger partial charge in [0.1, 0.15) is 12.6 Å². The lowest BCUT2D eigenvalue weighted by Gasteiger charge is -2.14. The molecule has 6 nitrogen and oxygen atoms in total. The fourth-order valence-electron chi connectivity index (χ4n) is 2.19. The first-order valence-corrected chi connectivity index (χ1v) is 7.04. The van der Waals surface area contributed by atoms with Crippen LogP contribution < -0.4 is 5.32 Å². The Bertz CT molecular complexity index is 636. The molecule has 0 radical (unpaired) electrons. The van der Waals surface area contributed by atoms with Gasteiger partial charge in [-0.15, -0.1) is 0 Å². The summed E-state index contributed by atoms with van der Waals surface area (Å²) >= 11 is 0. The highest BCUT2D eigenvalue weighted by Gasteiger charge is 2.19. The molecule has 1 aromatic heterocycles. The number of hydrogen-bond donors (Lipinski definition) is 2. The summed E-state index contributed by atoms with van der Waals surface area (Å²) in [4.78, 5) is 23.1. The molecule has 2 rings (SSSR count). The molecule has 1 atom stereocenters. The van der Waals surface area contributed by atoms with Crippen molar-refractivity contribution in [3.63, 3.8) is 0 Å². The smallest absolute Gasteiger partial charge is 0.326 e. The molecule has 1 unspecified atom stereocenters. The van der Waals surface area contributed by atoms with E-state index in [0.29, 0.717) is 6.42 Å². The first kappa shape index (κ1) is 15.0. The lowest BCUT2D eigenvalue weighted by atomic mass is 10.1. The van der Waals surface area contributed by atoms with Crippen LogP contribution in [0.4, 0.5) is 0 Å². The molecule has 0 aliphatic heterocycles. The Hall–Kier alpha value is -2.37. The van der Waals surface area contributed by atoms with Gasteiger partial charge in [-0.1, -0.05) is 38.0 Å². The molecular weight excluding hydrogens is 270 g/mol. The van der Waals surface area contributed by atoms with Crippen molar-refractivity contribution in [3.05, 3.63) is 30.5 Å². The average molecular weight is 289 g/mol. The van der Waals surface area contributed by atoms with E-state index in [2.05, 4.69) is 10.4 Å². The van der Waals surface area contributed by atoms with E-state index in [1.807, 2.05) is 31.2 Å². The summed E-state index contributed by atoms with van der Waals surface area (Å²) in [6.07, 6.45) is 3.79. The van der Waals surface area contributed by atoms with E-state index in [1.54, 1.807) is 10.9 Å². The molecule has 0 fully saturated rings. The van der Waals surface area contributed by atoms with Gasteiger partial charge in [0, 0.05) is 5.39 Å². The second kappa shape index (κ2) is 6.88. The van der Waals surface area contributed by atoms with Crippen molar-refractivity contribution in [3.8, 4) is 0 Å². The number of para-hydroxylation sites is 1. The van der Waals surface area contributed by atoms with Crippen molar-refractivity contribution in [1.82, 2.24) is 15.1 Å². The zero-order valence-corrected chi connectivity index (χ0v) is 12.0. The van der Waals surface area contributed by atoms with Gasteiger partial charge in [-0.05, 0) is 12.5 Å². The molecular formula is C15H19N3O3. The van der Waals surface area contributed by atoms with Crippen molar-refractivity contribution < 1.29 is 14.7 Å². The Balaban J connectivity index is 2.02. The summed E-state index contributed by atoms with van der Waals surface area (Å²) in [7, 11) is 0. The van der Waals surface area contributed by atoms with Gasteiger partial charge in [0.25, 0.3) is 0 Å². The maximum atomic E-state index is 12.0. The van der Waals surface area contributed by atoms with Crippen LogP contribution in [0.5, 0.6) is 0 Å². The number of carboxylic acid groups (broad SMARTS) is 1. The van der Waals surface area contributed by atoms with E-state index in [-0.39, 0.29) is 12.5 Å². The molecule has 1 aromatic carbocycles. The van der Waals surface area contributed by atoms with Gasteiger partial charge in [-0.25, -0.2) is 4.79 Å². The van der Waals surface area contributed by atoms with Gasteiger partial charge in [-0.2, -0.15) is 5.10 Å². The van der Waals surface area contributed by atoms with E-state index < -0.39 is 12.0 Å². The first-order valence-electron chi connectivity index (χ1n) is 7.04. The van der Waals surface area contributed by atoms with Crippen LogP contribution in [0.25, 0.3) is 10.9 Å². The van der Waals surface area contributed by atoms with Gasteiger partial charge < -0.3 is 10.4 Å². The predicted octanol–water partition coefficient (Wildman–Crippen LogP) is 1.80. The fraction of sp³-hybridized carbons (Fsp3) is 0.400. The average Bonchev–Trinajstić information content (AvgIpc) is 2.86. The highest BCUT2D eigenvalue weighted by atomic mass is 16.4. The highest BCUT2D eigenvalue weighted by molar-refractivity contribution is 5.85. The Morgan fingerprint density at radius 2 is 2.14 bits per heavy atom. The van der Waals surface area contributed by atoms with E-state index >= 15 is 0 Å². The molecule has 0 bridgehead atoms. The van der Waals surface area contributed by atoms with Crippen molar-refractivity contribution in [2.45, 2.75) is 38.8 Å². The minimum Gasteiger partial charge on any atom is -0.480 e. The number of benzene rings is 1. The van der Waals surface area contributed by atoms with Crippen molar-refractivity contribution in [2.75, 3.05) is 0 Å². The van der Waals surface area contributed by atoms with Gasteiger partial charge in [0.05, 0.1) is 11.7 Å². The Kier molecular flexibility index (Phi) is 4.92. The molecule has 2 aromatic rings. The minimum atomic E-state index is -0.998. The minimum absolute atomic E-state index is 0.0173. The van der Waals surface area contributed by atoms with Crippen molar-refractivity contribution >= 4 is 22.8 Å². The number of aliphatic carboxylic acids is 1. The number of rotatable bonds is 7. The number of aromatic nitrogens is 2. The standard InChI is InChI=1S/C15H19N3O3/c1-2-3-7-12(15(20)21)17-14(19)10-18-13-8-5-4-6-11(13)9-16-18/h4-6,8-9,12H,2-3,7,10H2,1H3,(H,17,19)(H,20,21). The highest BCUT2D eigenvalue weighted by Crippen LogP contribution is 2.12. The van der Waals surface area contributed by atoms with Crippen LogP contribution in [-0.4, -0.2) is 32.8 Å². The second-order valence-electron chi connectivity index (χ2n) is 4.96. The van der Waals surface area contributed by atoms with Crippen molar-refractivity contribution in [2.24, 2.45) is 0 Å². The summed E-state index contributed by atoms with van der Waals surface area (Å²) in [5.41, 5.74) is 0.855. The third-order valence-corrected chi connectivity index (χ3v) is 3.32. The SMILES string of the molecule is CCCCC(NC(=O)Cn1ncc2ccccc21)C(=O)O. The van der Waals surface area contributed by atoms with Crippen LogP contribution in [0.15, 0.2) is 30.5 Å². The number of hydrogen-bond acceptors (Lipinski definition) is 3. The molecule has 2 N–H and O–H groups in total. The van der Waals surface area contributed by atoms with Gasteiger partial charge in [-0.3, -0.25) is 9.48 Å². The quantitative estimate of drug-likeness (QED) is 0.814. The third-order valence-electron chi connectivity index (χ3n) is 3.32. The normalized spacial score (nSPS) is 12.2. The number of fused-ring (bicyclic) bond motifs is 1. The molecule has 0 spiro atoms. The zero-order chi connectivity index (χ0) is 15.2. The number of carbonyl (C=O) groups excluding carboxylic acids is 1. The van der Waals surface area contributed by atoms with Gasteiger partial charge >= 0.3 is 5.97 Å². The number of carboxylic acids is 1. The van der Waals surface area contributed by atoms with Crippen LogP contribution in [0.1, 0.15) is 26.2 Å². The molecule has 1 heterocycles. The third kappa shape index (κ3) is 3.81. The van der Waals surface area contributed by atoms with Crippen LogP contribution in [0, 0.1) is 0 Å². The topological polar surface area (TPSA) is 84.2 Å². The number of nitrogens with zero attached hydrogens (tertiary/aromatic N) is 2. The number of amides is 1. The van der Waals surface area contributed by atoms with Crippen LogP contribution in [0.3, 0.4) is 0 Å². The Morgan fingerprint density at radius 3 is 2.86 bits per heavy atom. The molecule has 6 heteroatoms. The maximum absolute atomic E-state index is 12.0. The molecule has 21 heavy (non-hydrogen) atoms. The second-order valence-corrected chi connectivity index (χ2v) is 4.96. The summed E-state index contributed by atoms with van der Waals surface area (Å²) in [6.45, 7) is 2.00. The van der Waals surface area contributed by atoms with Crippen LogP contribution in [-0.2, 0) is 16.1 Å². The van der Waals surface area contributed by atoms with Crippen LogP contribution in [0.2, 0.25) is 0 Å². The lowest BCUT2D eigenvalue weighted by molar-refractivity contribution is -0.142. The monoisotopic (exact) mass is 289 g/mol. The van der Waals surface area contributed by atoms with E-state index in [9.17, 15) is 9.59 Å². The predicted molar refractivity (Wildman–Crippen MR) is 78.8 cm³/mol. The van der Waals surface area contributed by atoms with Crippen molar-refractivity contribution in [1.29, 1.82) is 0 Å². The maximum Gasteiger partial charge on any atom is 0.326 e. The molecule has 0 aliphatic rings. The van der Waals surface area contributed by atoms with E-state index in [4.69, 9.17) is 5.11 Å². The van der Waals surface area contributed by atoms with E-state index in [0.717, 1.165) is 23.7 Å². The lowest BCUT2D eigenvalue weighted by Crippen LogP contribution is -2.42. The molecule has 0 aliphatic carbocycles. The Morgan fingerprint density at radius 1 is 1.38 bits per heavy atom. The molecule has 0 saturated carbocycles. The van der Waals surface area contributed by atoms with Gasteiger partial charge in [0.2, 0.25) is 5.91 Å². The summed E-state index contributed by atoms with van der Waals surface area (Å²) in [5, 5.41) is 16.8. The molecule has 0 saturated heterocycles. The number of carbonyl (C=O) groups is 2. The van der Waals surface area contributed by atoms with Crippen LogP contribution >= 0.6 is 0 Å². The summed E-state index contributed by atoms with van der Waals surface area (Å²) in [5.74, 6) is -1.34. The van der Waals surface area contributed by atoms with E-state index in [1.165, 1.54) is 0 Å². The zero-order valence-electron chi connectivity index (χ0n) is 12.0. The summed E-state index contributed by atoms with van der Waals surface area (Å²) < 4.78 is 1.57. The Labute approximate surface area is 122 Å². The first-order chi connectivity index (χ1) is 10.1. The van der Waals surface area contributed by atoms with Gasteiger partial charge in [0.15, 0.2) is 0 Å². The largest absolute Gasteiger partial charge is 0.480 e. The number of unbranched alkanes of at least 4 members (excludes halogenated alkanes) is 1. The number of nitrogens with one attached hydrogen (secondary N) is 1. The molecule has 112 valence electrons.